The van der Waals surface area contributed by atoms with Crippen LogP contribution < -0.4 is 4.74 Å². The number of amides is 1. The molecule has 1 saturated heterocycles. The third-order valence-electron chi connectivity index (χ3n) is 5.19. The monoisotopic (exact) mass is 344 g/mol. The summed E-state index contributed by atoms with van der Waals surface area (Å²) in [6.45, 7) is 1.25. The highest BCUT2D eigenvalue weighted by Gasteiger charge is 2.37. The summed E-state index contributed by atoms with van der Waals surface area (Å²) in [5, 5.41) is 8.69. The zero-order valence-electron chi connectivity index (χ0n) is 14.5. The molecule has 0 saturated carbocycles. The maximum atomic E-state index is 11.9. The molecule has 0 bridgehead atoms. The van der Waals surface area contributed by atoms with Crippen molar-refractivity contribution in [1.29, 1.82) is 5.26 Å². The molecule has 26 heavy (non-hydrogen) atoms. The normalized spacial score (nSPS) is 17.3. The molecule has 1 fully saturated rings. The van der Waals surface area contributed by atoms with Crippen LogP contribution in [-0.2, 0) is 4.79 Å². The Hall–Kier alpha value is -3.06. The second-order valence-electron chi connectivity index (χ2n) is 6.83. The third-order valence-corrected chi connectivity index (χ3v) is 5.19. The Morgan fingerprint density at radius 3 is 2.62 bits per heavy atom. The van der Waals surface area contributed by atoms with Crippen molar-refractivity contribution in [2.24, 2.45) is 0 Å². The fourth-order valence-corrected chi connectivity index (χ4v) is 3.66. The Kier molecular flexibility index (Phi) is 4.22. The van der Waals surface area contributed by atoms with Gasteiger partial charge in [-0.2, -0.15) is 5.26 Å². The number of rotatable bonds is 2. The van der Waals surface area contributed by atoms with Gasteiger partial charge in [-0.15, -0.1) is 0 Å². The van der Waals surface area contributed by atoms with Crippen LogP contribution in [0, 0.1) is 11.3 Å². The predicted octanol–water partition coefficient (Wildman–Crippen LogP) is 4.03. The van der Waals surface area contributed by atoms with Gasteiger partial charge < -0.3 is 9.64 Å². The lowest BCUT2D eigenvalue weighted by molar-refractivity contribution is -0.132. The second-order valence-corrected chi connectivity index (χ2v) is 6.83. The first-order valence-corrected chi connectivity index (χ1v) is 8.92. The van der Waals surface area contributed by atoms with Crippen molar-refractivity contribution in [3.8, 4) is 22.9 Å². The molecule has 0 N–H and O–H groups in total. The van der Waals surface area contributed by atoms with Crippen LogP contribution >= 0.6 is 0 Å². The van der Waals surface area contributed by atoms with E-state index in [4.69, 9.17) is 10.00 Å². The van der Waals surface area contributed by atoms with E-state index in [0.29, 0.717) is 13.1 Å². The lowest BCUT2D eigenvalue weighted by Crippen LogP contribution is -2.49. The van der Waals surface area contributed by atoms with Crippen molar-refractivity contribution in [2.75, 3.05) is 13.1 Å². The lowest BCUT2D eigenvalue weighted by atomic mass is 9.87. The Morgan fingerprint density at radius 1 is 1.12 bits per heavy atom. The van der Waals surface area contributed by atoms with E-state index in [0.717, 1.165) is 24.2 Å². The molecule has 1 spiro atoms. The van der Waals surface area contributed by atoms with E-state index >= 15 is 0 Å². The van der Waals surface area contributed by atoms with E-state index in [9.17, 15) is 4.79 Å². The molecular weight excluding hydrogens is 324 g/mol. The van der Waals surface area contributed by atoms with E-state index in [1.807, 2.05) is 30.3 Å². The molecule has 0 aromatic heterocycles. The molecule has 0 aliphatic carbocycles. The number of nitrogens with zero attached hydrogens (tertiary/aromatic N) is 2. The van der Waals surface area contributed by atoms with Gasteiger partial charge in [0.1, 0.15) is 17.8 Å². The number of piperidine rings is 1. The Morgan fingerprint density at radius 2 is 1.88 bits per heavy atom. The average Bonchev–Trinajstić information content (AvgIpc) is 2.69. The van der Waals surface area contributed by atoms with E-state index in [-0.39, 0.29) is 17.9 Å². The van der Waals surface area contributed by atoms with Crippen LogP contribution in [0.4, 0.5) is 0 Å². The Labute approximate surface area is 153 Å². The predicted molar refractivity (Wildman–Crippen MR) is 100 cm³/mol. The van der Waals surface area contributed by atoms with Gasteiger partial charge in [-0.25, -0.2) is 0 Å². The summed E-state index contributed by atoms with van der Waals surface area (Å²) >= 11 is 0. The molecule has 0 radical (unpaired) electrons. The SMILES string of the molecule is N#CCC(=O)N1CCC2(C=Cc3cc(-c4ccccc4)ccc3O2)CC1. The van der Waals surface area contributed by atoms with Crippen LogP contribution in [0.25, 0.3) is 17.2 Å². The minimum Gasteiger partial charge on any atom is -0.482 e. The second kappa shape index (κ2) is 6.68. The molecule has 0 atom stereocenters. The van der Waals surface area contributed by atoms with Crippen molar-refractivity contribution in [3.63, 3.8) is 0 Å². The fraction of sp³-hybridized carbons (Fsp3) is 0.273. The van der Waals surface area contributed by atoms with Crippen molar-refractivity contribution in [3.05, 3.63) is 60.2 Å². The lowest BCUT2D eigenvalue weighted by Gasteiger charge is -2.41. The number of benzene rings is 2. The van der Waals surface area contributed by atoms with Crippen molar-refractivity contribution in [2.45, 2.75) is 24.9 Å². The summed E-state index contributed by atoms with van der Waals surface area (Å²) in [4.78, 5) is 13.6. The molecule has 130 valence electrons. The standard InChI is InChI=1S/C22H20N2O2/c23-13-9-21(25)24-14-11-22(12-15-24)10-8-19-16-18(6-7-20(19)26-22)17-4-2-1-3-5-17/h1-8,10,16H,9,11-12,14-15H2. The van der Waals surface area contributed by atoms with Crippen LogP contribution in [0.5, 0.6) is 5.75 Å². The van der Waals surface area contributed by atoms with E-state index in [2.05, 4.69) is 36.4 Å². The Bertz CT molecular complexity index is 888. The van der Waals surface area contributed by atoms with E-state index in [1.54, 1.807) is 4.90 Å². The summed E-state index contributed by atoms with van der Waals surface area (Å²) in [5.74, 6) is 0.805. The number of nitriles is 1. The van der Waals surface area contributed by atoms with Gasteiger partial charge in [-0.05, 0) is 29.3 Å². The molecule has 4 rings (SSSR count). The van der Waals surface area contributed by atoms with Gasteiger partial charge in [0, 0.05) is 31.5 Å². The molecule has 2 aliphatic rings. The number of carbonyl (C=O) groups is 1. The first-order chi connectivity index (χ1) is 12.7. The fourth-order valence-electron chi connectivity index (χ4n) is 3.66. The number of fused-ring (bicyclic) bond motifs is 1. The van der Waals surface area contributed by atoms with Gasteiger partial charge in [0.05, 0.1) is 6.07 Å². The molecule has 4 nitrogen and oxygen atoms in total. The summed E-state index contributed by atoms with van der Waals surface area (Å²) < 4.78 is 6.35. The highest BCUT2D eigenvalue weighted by molar-refractivity contribution is 5.78. The largest absolute Gasteiger partial charge is 0.482 e. The maximum Gasteiger partial charge on any atom is 0.236 e. The van der Waals surface area contributed by atoms with Crippen molar-refractivity contribution < 1.29 is 9.53 Å². The van der Waals surface area contributed by atoms with E-state index in [1.165, 1.54) is 11.1 Å². The van der Waals surface area contributed by atoms with Crippen LogP contribution in [-0.4, -0.2) is 29.5 Å². The van der Waals surface area contributed by atoms with Crippen LogP contribution in [0.1, 0.15) is 24.8 Å². The van der Waals surface area contributed by atoms with Crippen LogP contribution in [0.3, 0.4) is 0 Å². The molecule has 1 amide bonds. The molecule has 4 heteroatoms. The zero-order chi connectivity index (χ0) is 18.0. The number of likely N-dealkylation sites (tertiary alicyclic amines) is 1. The van der Waals surface area contributed by atoms with Gasteiger partial charge in [-0.3, -0.25) is 4.79 Å². The summed E-state index contributed by atoms with van der Waals surface area (Å²) in [6.07, 6.45) is 5.73. The number of hydrogen-bond donors (Lipinski definition) is 0. The van der Waals surface area contributed by atoms with E-state index < -0.39 is 0 Å². The third kappa shape index (κ3) is 3.09. The van der Waals surface area contributed by atoms with Gasteiger partial charge in [0.25, 0.3) is 0 Å². The average molecular weight is 344 g/mol. The minimum absolute atomic E-state index is 0.0468. The quantitative estimate of drug-likeness (QED) is 0.826. The van der Waals surface area contributed by atoms with Crippen LogP contribution in [0.2, 0.25) is 0 Å². The molecule has 2 aromatic rings. The zero-order valence-corrected chi connectivity index (χ0v) is 14.5. The smallest absolute Gasteiger partial charge is 0.236 e. The summed E-state index contributed by atoms with van der Waals surface area (Å²) in [5.41, 5.74) is 3.10. The molecule has 2 aromatic carbocycles. The number of ether oxygens (including phenoxy) is 1. The first-order valence-electron chi connectivity index (χ1n) is 8.92. The maximum absolute atomic E-state index is 11.9. The first kappa shape index (κ1) is 16.4. The number of hydrogen-bond acceptors (Lipinski definition) is 3. The molecule has 2 heterocycles. The van der Waals surface area contributed by atoms with Crippen molar-refractivity contribution >= 4 is 12.0 Å². The molecule has 0 unspecified atom stereocenters. The van der Waals surface area contributed by atoms with Crippen molar-refractivity contribution in [1.82, 2.24) is 4.90 Å². The van der Waals surface area contributed by atoms with Crippen LogP contribution in [0.15, 0.2) is 54.6 Å². The Balaban J connectivity index is 1.50. The summed E-state index contributed by atoms with van der Waals surface area (Å²) in [6, 6.07) is 18.5. The highest BCUT2D eigenvalue weighted by atomic mass is 16.5. The number of carbonyl (C=O) groups excluding carboxylic acids is 1. The molecule has 2 aliphatic heterocycles. The van der Waals surface area contributed by atoms with Gasteiger partial charge in [0.2, 0.25) is 5.91 Å². The molecular formula is C22H20N2O2. The van der Waals surface area contributed by atoms with Gasteiger partial charge >= 0.3 is 0 Å². The highest BCUT2D eigenvalue weighted by Crippen LogP contribution is 2.38. The minimum atomic E-state index is -0.343. The van der Waals surface area contributed by atoms with Gasteiger partial charge in [0.15, 0.2) is 0 Å². The topological polar surface area (TPSA) is 53.3 Å². The summed E-state index contributed by atoms with van der Waals surface area (Å²) in [7, 11) is 0. The van der Waals surface area contributed by atoms with Gasteiger partial charge in [-0.1, -0.05) is 42.5 Å².